The van der Waals surface area contributed by atoms with Crippen LogP contribution in [0.3, 0.4) is 0 Å². The summed E-state index contributed by atoms with van der Waals surface area (Å²) in [7, 11) is 0. The van der Waals surface area contributed by atoms with Crippen LogP contribution in [0.15, 0.2) is 36.4 Å². The van der Waals surface area contributed by atoms with E-state index in [1.807, 2.05) is 0 Å². The summed E-state index contributed by atoms with van der Waals surface area (Å²) in [4.78, 5) is 80.2. The first-order valence-electron chi connectivity index (χ1n) is 12.4. The molecule has 3 heterocycles. The molecular weight excluding hydrogens is 518 g/mol. The lowest BCUT2D eigenvalue weighted by atomic mass is 10.1. The van der Waals surface area contributed by atoms with E-state index in [0.29, 0.717) is 18.1 Å². The third-order valence-corrected chi connectivity index (χ3v) is 6.11. The number of nitrogens with zero attached hydrogens (tertiary/aromatic N) is 2. The minimum atomic E-state index is -1.27. The fourth-order valence-corrected chi connectivity index (χ4v) is 4.04. The van der Waals surface area contributed by atoms with Gasteiger partial charge in [-0.15, -0.1) is 0 Å². The molecule has 1 aromatic rings. The minimum absolute atomic E-state index is 0.0573. The SMILES string of the molecule is O=C(CCN1C(=O)C=CC1=O)NCCCCC1COC(c2ccc(OOOC(=O)N3C(=O)CCC3=O)cc2)O1. The Labute approximate surface area is 222 Å². The molecule has 1 N–H and O–H groups in total. The molecule has 14 nitrogen and oxygen atoms in total. The van der Waals surface area contributed by atoms with Gasteiger partial charge in [-0.1, -0.05) is 12.1 Å². The number of carbonyl (C=O) groups is 6. The van der Waals surface area contributed by atoms with Crippen molar-refractivity contribution in [3.05, 3.63) is 42.0 Å². The fourth-order valence-electron chi connectivity index (χ4n) is 4.04. The maximum absolute atomic E-state index is 11.9. The quantitative estimate of drug-likeness (QED) is 0.174. The summed E-state index contributed by atoms with van der Waals surface area (Å²) in [5, 5.41) is 7.16. The first-order chi connectivity index (χ1) is 18.8. The first kappa shape index (κ1) is 27.9. The lowest BCUT2D eigenvalue weighted by Gasteiger charge is -2.14. The number of unbranched alkanes of at least 4 members (excludes halogenated alkanes) is 1. The molecule has 2 unspecified atom stereocenters. The summed E-state index contributed by atoms with van der Waals surface area (Å²) in [6, 6.07) is 6.42. The van der Waals surface area contributed by atoms with Crippen LogP contribution >= 0.6 is 0 Å². The van der Waals surface area contributed by atoms with Crippen LogP contribution in [0.4, 0.5) is 4.79 Å². The molecule has 2 fully saturated rings. The van der Waals surface area contributed by atoms with Gasteiger partial charge in [0.1, 0.15) is 0 Å². The van der Waals surface area contributed by atoms with Crippen LogP contribution in [-0.2, 0) is 43.4 Å². The van der Waals surface area contributed by atoms with Gasteiger partial charge in [0.2, 0.25) is 17.7 Å². The van der Waals surface area contributed by atoms with Gasteiger partial charge in [-0.2, -0.15) is 4.90 Å². The Morgan fingerprint density at radius 3 is 2.36 bits per heavy atom. The van der Waals surface area contributed by atoms with Gasteiger partial charge in [0.25, 0.3) is 11.8 Å². The maximum Gasteiger partial charge on any atom is 0.458 e. The van der Waals surface area contributed by atoms with Crippen LogP contribution in [0.2, 0.25) is 0 Å². The molecule has 3 aliphatic heterocycles. The van der Waals surface area contributed by atoms with Crippen LogP contribution in [-0.4, -0.2) is 71.2 Å². The Kier molecular flexibility index (Phi) is 9.35. The van der Waals surface area contributed by atoms with Gasteiger partial charge in [0, 0.05) is 55.1 Å². The van der Waals surface area contributed by atoms with E-state index in [1.54, 1.807) is 12.1 Å². The van der Waals surface area contributed by atoms with E-state index in [4.69, 9.17) is 14.4 Å². The Morgan fingerprint density at radius 2 is 1.67 bits per heavy atom. The van der Waals surface area contributed by atoms with Gasteiger partial charge in [-0.3, -0.25) is 33.8 Å². The van der Waals surface area contributed by atoms with E-state index in [0.717, 1.165) is 29.7 Å². The highest BCUT2D eigenvalue weighted by molar-refractivity contribution is 6.13. The smallest absolute Gasteiger partial charge is 0.356 e. The summed E-state index contributed by atoms with van der Waals surface area (Å²) in [5.74, 6) is -2.18. The van der Waals surface area contributed by atoms with Crippen molar-refractivity contribution in [1.29, 1.82) is 0 Å². The number of likely N-dealkylation sites (tertiary alicyclic amines) is 1. The third-order valence-electron chi connectivity index (χ3n) is 6.11. The van der Waals surface area contributed by atoms with E-state index in [9.17, 15) is 28.8 Å². The molecule has 0 aliphatic carbocycles. The Balaban J connectivity index is 1.07. The maximum atomic E-state index is 11.9. The predicted octanol–water partition coefficient (Wildman–Crippen LogP) is 1.21. The molecule has 4 rings (SSSR count). The molecule has 14 heteroatoms. The second-order valence-corrected chi connectivity index (χ2v) is 8.87. The van der Waals surface area contributed by atoms with Crippen LogP contribution in [0.5, 0.6) is 5.75 Å². The molecule has 2 atom stereocenters. The second kappa shape index (κ2) is 13.1. The molecule has 1 aromatic carbocycles. The van der Waals surface area contributed by atoms with E-state index >= 15 is 0 Å². The van der Waals surface area contributed by atoms with Crippen molar-refractivity contribution in [1.82, 2.24) is 15.1 Å². The summed E-state index contributed by atoms with van der Waals surface area (Å²) < 4.78 is 11.6. The van der Waals surface area contributed by atoms with E-state index in [-0.39, 0.29) is 43.6 Å². The zero-order valence-electron chi connectivity index (χ0n) is 20.9. The molecule has 0 radical (unpaired) electrons. The average Bonchev–Trinajstić information content (AvgIpc) is 3.62. The van der Waals surface area contributed by atoms with Gasteiger partial charge in [0.15, 0.2) is 12.0 Å². The van der Waals surface area contributed by atoms with Crippen LogP contribution < -0.4 is 10.2 Å². The van der Waals surface area contributed by atoms with Crippen molar-refractivity contribution in [3.63, 3.8) is 0 Å². The second-order valence-electron chi connectivity index (χ2n) is 8.87. The molecule has 0 saturated carbocycles. The molecule has 208 valence electrons. The normalized spacial score (nSPS) is 20.7. The summed E-state index contributed by atoms with van der Waals surface area (Å²) in [6.45, 7) is 0.940. The number of imide groups is 4. The van der Waals surface area contributed by atoms with Gasteiger partial charge in [-0.05, 0) is 31.4 Å². The molecule has 0 spiro atoms. The van der Waals surface area contributed by atoms with Crippen molar-refractivity contribution in [2.75, 3.05) is 19.7 Å². The molecule has 2 saturated heterocycles. The van der Waals surface area contributed by atoms with E-state index < -0.39 is 36.0 Å². The molecular formula is C25H27N3O11. The Morgan fingerprint density at radius 1 is 0.974 bits per heavy atom. The minimum Gasteiger partial charge on any atom is -0.356 e. The summed E-state index contributed by atoms with van der Waals surface area (Å²) in [6.07, 6.45) is 2.62. The van der Waals surface area contributed by atoms with Crippen LogP contribution in [0.25, 0.3) is 0 Å². The largest absolute Gasteiger partial charge is 0.458 e. The van der Waals surface area contributed by atoms with Gasteiger partial charge in [-0.25, -0.2) is 9.68 Å². The third kappa shape index (κ3) is 7.46. The monoisotopic (exact) mass is 545 g/mol. The van der Waals surface area contributed by atoms with Crippen LogP contribution in [0.1, 0.15) is 50.4 Å². The number of benzene rings is 1. The van der Waals surface area contributed by atoms with Crippen molar-refractivity contribution >= 4 is 35.6 Å². The standard InChI is InChI=1S/C25H27N3O11/c29-19(12-14-27-20(30)8-9-21(27)31)26-13-2-1-3-18-15-35-24(36-18)16-4-6-17(7-5-16)37-39-38-25(34)28-22(32)10-11-23(28)33/h4-9,18,24H,1-3,10-15H2,(H,26,29). The molecule has 3 aliphatic rings. The van der Waals surface area contributed by atoms with Gasteiger partial charge in [0.05, 0.1) is 12.7 Å². The van der Waals surface area contributed by atoms with Gasteiger partial charge < -0.3 is 14.8 Å². The highest BCUT2D eigenvalue weighted by Gasteiger charge is 2.36. The number of rotatable bonds is 12. The lowest BCUT2D eigenvalue weighted by molar-refractivity contribution is -0.431. The first-order valence-corrected chi connectivity index (χ1v) is 12.4. The van der Waals surface area contributed by atoms with Crippen molar-refractivity contribution in [2.45, 2.75) is 50.9 Å². The lowest BCUT2D eigenvalue weighted by Crippen LogP contribution is -2.36. The Bertz CT molecular complexity index is 1120. The predicted molar refractivity (Wildman–Crippen MR) is 127 cm³/mol. The van der Waals surface area contributed by atoms with E-state index in [2.05, 4.69) is 15.2 Å². The zero-order valence-corrected chi connectivity index (χ0v) is 20.9. The molecule has 39 heavy (non-hydrogen) atoms. The highest BCUT2D eigenvalue weighted by atomic mass is 17.5. The number of ether oxygens (including phenoxy) is 2. The van der Waals surface area contributed by atoms with Crippen molar-refractivity contribution in [2.24, 2.45) is 0 Å². The topological polar surface area (TPSA) is 167 Å². The number of hydrogen-bond acceptors (Lipinski definition) is 11. The molecule has 0 aromatic heterocycles. The fraction of sp³-hybridized carbons (Fsp3) is 0.440. The number of amides is 6. The summed E-state index contributed by atoms with van der Waals surface area (Å²) in [5.41, 5.74) is 0.729. The number of carbonyl (C=O) groups excluding carboxylic acids is 6. The molecule has 6 amide bonds. The number of hydrogen-bond donors (Lipinski definition) is 1. The summed E-state index contributed by atoms with van der Waals surface area (Å²) >= 11 is 0. The number of nitrogens with one attached hydrogen (secondary N) is 1. The Hall–Kier alpha value is -4.14. The van der Waals surface area contributed by atoms with Crippen molar-refractivity contribution in [3.8, 4) is 5.75 Å². The molecule has 0 bridgehead atoms. The van der Waals surface area contributed by atoms with Crippen LogP contribution in [0, 0.1) is 0 Å². The zero-order chi connectivity index (χ0) is 27.8. The highest BCUT2D eigenvalue weighted by Crippen LogP contribution is 2.30. The van der Waals surface area contributed by atoms with Crippen molar-refractivity contribution < 1.29 is 53.1 Å². The van der Waals surface area contributed by atoms with Gasteiger partial charge >= 0.3 is 6.09 Å². The van der Waals surface area contributed by atoms with E-state index in [1.165, 1.54) is 24.3 Å². The average molecular weight is 546 g/mol.